The molecule has 3 nitrogen and oxygen atoms in total. The molecule has 0 unspecified atom stereocenters. The van der Waals surface area contributed by atoms with Gasteiger partial charge >= 0.3 is 0 Å². The zero-order chi connectivity index (χ0) is 21.7. The summed E-state index contributed by atoms with van der Waals surface area (Å²) in [5.74, 6) is 2.35. The summed E-state index contributed by atoms with van der Waals surface area (Å²) in [4.78, 5) is 13.1. The first kappa shape index (κ1) is 19.4. The molecule has 32 heavy (non-hydrogen) atoms. The maximum absolute atomic E-state index is 13.9. The summed E-state index contributed by atoms with van der Waals surface area (Å²) >= 11 is 0. The number of halogens is 1. The number of imidazole rings is 1. The Kier molecular flexibility index (Phi) is 4.67. The molecule has 0 bridgehead atoms. The highest BCUT2D eigenvalue weighted by molar-refractivity contribution is 6.04. The van der Waals surface area contributed by atoms with E-state index in [1.807, 2.05) is 6.20 Å². The Morgan fingerprint density at radius 2 is 1.78 bits per heavy atom. The molecule has 5 aromatic rings. The highest BCUT2D eigenvalue weighted by Gasteiger charge is 2.29. The van der Waals surface area contributed by atoms with Crippen LogP contribution in [0.5, 0.6) is 0 Å². The van der Waals surface area contributed by atoms with Crippen LogP contribution >= 0.6 is 0 Å². The lowest BCUT2D eigenvalue weighted by Crippen LogP contribution is -2.19. The summed E-state index contributed by atoms with van der Waals surface area (Å²) in [6.45, 7) is 2.31. The number of aromatic amines is 1. The van der Waals surface area contributed by atoms with E-state index >= 15 is 0 Å². The van der Waals surface area contributed by atoms with E-state index in [1.54, 1.807) is 12.1 Å². The molecule has 160 valence electrons. The minimum absolute atomic E-state index is 0.188. The number of fused-ring (bicyclic) bond motifs is 4. The second-order valence-corrected chi connectivity index (χ2v) is 9.27. The Labute approximate surface area is 186 Å². The SMILES string of the molecule is C[C@H](c1nc2c(ccc3ccccc32)[nH]1)C1CCC(c2ccnc3ccc(F)cc23)CC1. The lowest BCUT2D eigenvalue weighted by molar-refractivity contribution is 0.286. The van der Waals surface area contributed by atoms with Crippen LogP contribution in [-0.2, 0) is 0 Å². The second kappa shape index (κ2) is 7.70. The van der Waals surface area contributed by atoms with Crippen molar-refractivity contribution in [3.05, 3.63) is 84.1 Å². The van der Waals surface area contributed by atoms with Gasteiger partial charge in [0, 0.05) is 22.9 Å². The molecule has 1 atom stereocenters. The van der Waals surface area contributed by atoms with E-state index < -0.39 is 0 Å². The third-order valence-corrected chi connectivity index (χ3v) is 7.48. The molecule has 0 saturated heterocycles. The van der Waals surface area contributed by atoms with Crippen LogP contribution in [0.4, 0.5) is 4.39 Å². The van der Waals surface area contributed by atoms with Crippen LogP contribution in [0.25, 0.3) is 32.7 Å². The van der Waals surface area contributed by atoms with Crippen molar-refractivity contribution in [1.29, 1.82) is 0 Å². The maximum Gasteiger partial charge on any atom is 0.123 e. The first-order chi connectivity index (χ1) is 15.7. The van der Waals surface area contributed by atoms with Gasteiger partial charge in [0.25, 0.3) is 0 Å². The normalized spacial score (nSPS) is 20.2. The first-order valence-electron chi connectivity index (χ1n) is 11.6. The lowest BCUT2D eigenvalue weighted by atomic mass is 9.73. The van der Waals surface area contributed by atoms with Crippen molar-refractivity contribution < 1.29 is 4.39 Å². The topological polar surface area (TPSA) is 41.6 Å². The minimum Gasteiger partial charge on any atom is -0.342 e. The molecule has 0 radical (unpaired) electrons. The number of aromatic nitrogens is 3. The van der Waals surface area contributed by atoms with Gasteiger partial charge < -0.3 is 4.98 Å². The lowest BCUT2D eigenvalue weighted by Gasteiger charge is -2.32. The Balaban J connectivity index is 1.24. The van der Waals surface area contributed by atoms with Gasteiger partial charge in [-0.05, 0) is 78.8 Å². The fourth-order valence-electron chi connectivity index (χ4n) is 5.63. The fourth-order valence-corrected chi connectivity index (χ4v) is 5.63. The van der Waals surface area contributed by atoms with Gasteiger partial charge in [-0.3, -0.25) is 4.98 Å². The monoisotopic (exact) mass is 423 g/mol. The number of pyridine rings is 1. The van der Waals surface area contributed by atoms with Crippen molar-refractivity contribution in [3.8, 4) is 0 Å². The Hall–Kier alpha value is -3.27. The molecule has 6 rings (SSSR count). The van der Waals surface area contributed by atoms with Gasteiger partial charge in [-0.25, -0.2) is 9.37 Å². The van der Waals surface area contributed by atoms with Crippen molar-refractivity contribution in [2.45, 2.75) is 44.4 Å². The summed E-state index contributed by atoms with van der Waals surface area (Å²) < 4.78 is 13.9. The van der Waals surface area contributed by atoms with Crippen LogP contribution in [-0.4, -0.2) is 15.0 Å². The highest BCUT2D eigenvalue weighted by Crippen LogP contribution is 2.43. The number of nitrogens with one attached hydrogen (secondary N) is 1. The summed E-state index contributed by atoms with van der Waals surface area (Å²) in [5, 5.41) is 3.40. The molecule has 3 aromatic carbocycles. The molecular weight excluding hydrogens is 397 g/mol. The van der Waals surface area contributed by atoms with E-state index in [-0.39, 0.29) is 5.82 Å². The van der Waals surface area contributed by atoms with Crippen LogP contribution in [0.1, 0.15) is 55.8 Å². The standard InChI is InChI=1S/C28H26FN3/c1-17(28-31-26-12-10-19-4-2-3-5-23(19)27(26)32-28)18-6-8-20(9-7-18)22-14-15-30-25-13-11-21(29)16-24(22)25/h2-5,10-18,20H,6-9H2,1H3,(H,31,32)/t17-,18?,20?/m0/s1. The zero-order valence-electron chi connectivity index (χ0n) is 18.2. The number of hydrogen-bond acceptors (Lipinski definition) is 2. The van der Waals surface area contributed by atoms with Crippen molar-refractivity contribution in [2.75, 3.05) is 0 Å². The molecule has 1 aliphatic carbocycles. The predicted octanol–water partition coefficient (Wildman–Crippen LogP) is 7.48. The van der Waals surface area contributed by atoms with Crippen LogP contribution in [0.15, 0.2) is 66.9 Å². The number of nitrogens with zero attached hydrogens (tertiary/aromatic N) is 2. The average molecular weight is 424 g/mol. The van der Waals surface area contributed by atoms with Crippen molar-refractivity contribution in [3.63, 3.8) is 0 Å². The van der Waals surface area contributed by atoms with Crippen molar-refractivity contribution in [1.82, 2.24) is 15.0 Å². The number of rotatable bonds is 3. The smallest absolute Gasteiger partial charge is 0.123 e. The van der Waals surface area contributed by atoms with Crippen molar-refractivity contribution >= 4 is 32.7 Å². The van der Waals surface area contributed by atoms with Crippen LogP contribution in [0.3, 0.4) is 0 Å². The highest BCUT2D eigenvalue weighted by atomic mass is 19.1. The molecule has 0 spiro atoms. The molecule has 2 aromatic heterocycles. The van der Waals surface area contributed by atoms with Crippen LogP contribution in [0, 0.1) is 11.7 Å². The zero-order valence-corrected chi connectivity index (χ0v) is 18.2. The van der Waals surface area contributed by atoms with E-state index in [4.69, 9.17) is 4.98 Å². The molecule has 1 saturated carbocycles. The predicted molar refractivity (Wildman–Crippen MR) is 128 cm³/mol. The number of H-pyrrole nitrogens is 1. The third-order valence-electron chi connectivity index (χ3n) is 7.48. The Morgan fingerprint density at radius 3 is 2.66 bits per heavy atom. The van der Waals surface area contributed by atoms with E-state index in [0.29, 0.717) is 17.8 Å². The Morgan fingerprint density at radius 1 is 0.938 bits per heavy atom. The molecule has 1 N–H and O–H groups in total. The van der Waals surface area contributed by atoms with E-state index in [1.165, 1.54) is 22.4 Å². The van der Waals surface area contributed by atoms with Gasteiger partial charge in [0.2, 0.25) is 0 Å². The number of hydrogen-bond donors (Lipinski definition) is 1. The van der Waals surface area contributed by atoms with Gasteiger partial charge in [0.15, 0.2) is 0 Å². The summed E-state index contributed by atoms with van der Waals surface area (Å²) in [6, 6.07) is 19.8. The molecule has 1 aliphatic rings. The van der Waals surface area contributed by atoms with Gasteiger partial charge in [-0.1, -0.05) is 37.3 Å². The maximum atomic E-state index is 13.9. The van der Waals surface area contributed by atoms with E-state index in [2.05, 4.69) is 59.4 Å². The largest absolute Gasteiger partial charge is 0.342 e. The van der Waals surface area contributed by atoms with E-state index in [0.717, 1.165) is 53.4 Å². The van der Waals surface area contributed by atoms with Gasteiger partial charge in [-0.2, -0.15) is 0 Å². The van der Waals surface area contributed by atoms with Gasteiger partial charge in [0.1, 0.15) is 11.6 Å². The van der Waals surface area contributed by atoms with Crippen molar-refractivity contribution in [2.24, 2.45) is 5.92 Å². The minimum atomic E-state index is -0.188. The summed E-state index contributed by atoms with van der Waals surface area (Å²) in [5.41, 5.74) is 4.32. The molecular formula is C28H26FN3. The van der Waals surface area contributed by atoms with Gasteiger partial charge in [0.05, 0.1) is 16.6 Å². The van der Waals surface area contributed by atoms with E-state index in [9.17, 15) is 4.39 Å². The fraction of sp³-hybridized carbons (Fsp3) is 0.286. The quantitative estimate of drug-likeness (QED) is 0.327. The molecule has 1 fully saturated rings. The third kappa shape index (κ3) is 3.26. The van der Waals surface area contributed by atoms with Gasteiger partial charge in [-0.15, -0.1) is 0 Å². The average Bonchev–Trinajstić information content (AvgIpc) is 3.28. The molecule has 4 heteroatoms. The molecule has 2 heterocycles. The van der Waals surface area contributed by atoms with Crippen LogP contribution < -0.4 is 0 Å². The number of benzene rings is 3. The summed E-state index contributed by atoms with van der Waals surface area (Å²) in [7, 11) is 0. The first-order valence-corrected chi connectivity index (χ1v) is 11.6. The summed E-state index contributed by atoms with van der Waals surface area (Å²) in [6.07, 6.45) is 6.41. The second-order valence-electron chi connectivity index (χ2n) is 9.27. The molecule has 0 aliphatic heterocycles. The molecule has 0 amide bonds. The Bertz CT molecular complexity index is 1430. The van der Waals surface area contributed by atoms with Crippen LogP contribution in [0.2, 0.25) is 0 Å².